The molecule has 0 aromatic heterocycles. The van der Waals surface area contributed by atoms with Gasteiger partial charge in [-0.1, -0.05) is 30.3 Å². The van der Waals surface area contributed by atoms with Crippen LogP contribution in [0.4, 0.5) is 4.79 Å². The molecule has 1 aromatic rings. The first-order valence-corrected chi connectivity index (χ1v) is 10.2. The Bertz CT molecular complexity index is 832. The number of amides is 5. The second kappa shape index (κ2) is 7.50. The van der Waals surface area contributed by atoms with Crippen molar-refractivity contribution in [3.05, 3.63) is 35.9 Å². The molecular weight excluding hydrogens is 372 g/mol. The number of nitrogens with zero attached hydrogens (tertiary/aromatic N) is 3. The van der Waals surface area contributed by atoms with Gasteiger partial charge in [-0.05, 0) is 31.7 Å². The topological polar surface area (TPSA) is 90.0 Å². The van der Waals surface area contributed by atoms with E-state index in [1.54, 1.807) is 21.6 Å². The van der Waals surface area contributed by atoms with Crippen LogP contribution in [0.15, 0.2) is 30.3 Å². The van der Waals surface area contributed by atoms with Crippen LogP contribution in [0.25, 0.3) is 0 Å². The number of rotatable bonds is 4. The van der Waals surface area contributed by atoms with Gasteiger partial charge in [0.1, 0.15) is 11.6 Å². The Kier molecular flexibility index (Phi) is 5.02. The van der Waals surface area contributed by atoms with Gasteiger partial charge in [-0.15, -0.1) is 0 Å². The number of hydrogen-bond donors (Lipinski definition) is 1. The van der Waals surface area contributed by atoms with E-state index in [0.29, 0.717) is 45.4 Å². The van der Waals surface area contributed by atoms with E-state index in [1.807, 2.05) is 30.3 Å². The van der Waals surface area contributed by atoms with Gasteiger partial charge in [-0.2, -0.15) is 0 Å². The predicted molar refractivity (Wildman–Crippen MR) is 104 cm³/mol. The summed E-state index contributed by atoms with van der Waals surface area (Å²) in [7, 11) is 0. The molecule has 0 saturated carbocycles. The highest BCUT2D eigenvalue weighted by molar-refractivity contribution is 6.07. The summed E-state index contributed by atoms with van der Waals surface area (Å²) in [4.78, 5) is 55.0. The molecule has 3 saturated heterocycles. The zero-order valence-corrected chi connectivity index (χ0v) is 16.6. The molecule has 1 spiro atoms. The lowest BCUT2D eigenvalue weighted by molar-refractivity contribution is -0.145. The van der Waals surface area contributed by atoms with Gasteiger partial charge >= 0.3 is 6.03 Å². The number of piperidine rings is 1. The lowest BCUT2D eigenvalue weighted by atomic mass is 9.85. The molecule has 8 heteroatoms. The predicted octanol–water partition coefficient (Wildman–Crippen LogP) is 1.11. The second-order valence-electron chi connectivity index (χ2n) is 8.05. The van der Waals surface area contributed by atoms with Gasteiger partial charge < -0.3 is 14.7 Å². The standard InChI is InChI=1S/C21H26N4O4/c1-15(24-11-5-8-17(24)26)18(27)23-12-9-21(10-13-23)19(28)22-20(29)25(21)14-16-6-3-2-4-7-16/h2-4,6-7,15H,5,8-14H2,1H3,(H,22,28,29). The largest absolute Gasteiger partial charge is 0.341 e. The highest BCUT2D eigenvalue weighted by Gasteiger charge is 2.54. The first-order chi connectivity index (χ1) is 13.9. The van der Waals surface area contributed by atoms with Crippen LogP contribution in [-0.2, 0) is 20.9 Å². The van der Waals surface area contributed by atoms with Crippen LogP contribution in [0.5, 0.6) is 0 Å². The molecule has 1 aromatic carbocycles. The number of urea groups is 1. The van der Waals surface area contributed by atoms with Gasteiger partial charge in [-0.25, -0.2) is 4.79 Å². The van der Waals surface area contributed by atoms with Crippen molar-refractivity contribution in [1.82, 2.24) is 20.0 Å². The van der Waals surface area contributed by atoms with E-state index < -0.39 is 11.6 Å². The first-order valence-electron chi connectivity index (χ1n) is 10.2. The summed E-state index contributed by atoms with van der Waals surface area (Å²) in [5, 5.41) is 2.46. The molecule has 154 valence electrons. The van der Waals surface area contributed by atoms with Gasteiger partial charge in [0.25, 0.3) is 5.91 Å². The van der Waals surface area contributed by atoms with Crippen molar-refractivity contribution in [2.75, 3.05) is 19.6 Å². The van der Waals surface area contributed by atoms with Crippen molar-refractivity contribution in [1.29, 1.82) is 0 Å². The summed E-state index contributed by atoms with van der Waals surface area (Å²) in [6.45, 7) is 3.51. The Balaban J connectivity index is 1.46. The third kappa shape index (κ3) is 3.36. The molecule has 3 fully saturated rings. The number of carbonyl (C=O) groups is 4. The monoisotopic (exact) mass is 398 g/mol. The maximum absolute atomic E-state index is 12.9. The van der Waals surface area contributed by atoms with Gasteiger partial charge in [0.15, 0.2) is 0 Å². The quantitative estimate of drug-likeness (QED) is 0.770. The number of carbonyl (C=O) groups excluding carboxylic acids is 4. The van der Waals surface area contributed by atoms with E-state index in [2.05, 4.69) is 5.32 Å². The van der Waals surface area contributed by atoms with Crippen molar-refractivity contribution in [2.24, 2.45) is 0 Å². The zero-order chi connectivity index (χ0) is 20.6. The molecule has 1 N–H and O–H groups in total. The lowest BCUT2D eigenvalue weighted by Crippen LogP contribution is -2.59. The van der Waals surface area contributed by atoms with Crippen LogP contribution in [0.2, 0.25) is 0 Å². The lowest BCUT2D eigenvalue weighted by Gasteiger charge is -2.43. The van der Waals surface area contributed by atoms with Crippen molar-refractivity contribution in [3.8, 4) is 0 Å². The summed E-state index contributed by atoms with van der Waals surface area (Å²) < 4.78 is 0. The maximum Gasteiger partial charge on any atom is 0.325 e. The molecular formula is C21H26N4O4. The average Bonchev–Trinajstić information content (AvgIpc) is 3.25. The fourth-order valence-corrected chi connectivity index (χ4v) is 4.66. The number of imide groups is 1. The number of hydrogen-bond acceptors (Lipinski definition) is 4. The van der Waals surface area contributed by atoms with Crippen LogP contribution in [-0.4, -0.2) is 69.7 Å². The highest BCUT2D eigenvalue weighted by Crippen LogP contribution is 2.35. The van der Waals surface area contributed by atoms with Crippen molar-refractivity contribution < 1.29 is 19.2 Å². The van der Waals surface area contributed by atoms with E-state index in [-0.39, 0.29) is 23.8 Å². The summed E-state index contributed by atoms with van der Waals surface area (Å²) in [6, 6.07) is 8.70. The van der Waals surface area contributed by atoms with Crippen molar-refractivity contribution in [2.45, 2.75) is 50.7 Å². The van der Waals surface area contributed by atoms with Gasteiger partial charge in [-0.3, -0.25) is 19.7 Å². The van der Waals surface area contributed by atoms with Crippen LogP contribution in [0.1, 0.15) is 38.2 Å². The molecule has 0 bridgehead atoms. The first kappa shape index (κ1) is 19.4. The molecule has 1 unspecified atom stereocenters. The Morgan fingerprint density at radius 3 is 2.41 bits per heavy atom. The molecule has 8 nitrogen and oxygen atoms in total. The fourth-order valence-electron chi connectivity index (χ4n) is 4.66. The van der Waals surface area contributed by atoms with Crippen LogP contribution < -0.4 is 5.32 Å². The van der Waals surface area contributed by atoms with Crippen LogP contribution in [0.3, 0.4) is 0 Å². The van der Waals surface area contributed by atoms with E-state index in [1.165, 1.54) is 0 Å². The maximum atomic E-state index is 12.9. The Morgan fingerprint density at radius 2 is 1.79 bits per heavy atom. The highest BCUT2D eigenvalue weighted by atomic mass is 16.2. The molecule has 0 aliphatic carbocycles. The Morgan fingerprint density at radius 1 is 1.10 bits per heavy atom. The number of benzene rings is 1. The normalized spacial score (nSPS) is 22.4. The molecule has 29 heavy (non-hydrogen) atoms. The van der Waals surface area contributed by atoms with Gasteiger partial charge in [0.05, 0.1) is 0 Å². The molecule has 1 atom stereocenters. The Labute approximate surface area is 169 Å². The Hall–Kier alpha value is -2.90. The van der Waals surface area contributed by atoms with E-state index >= 15 is 0 Å². The van der Waals surface area contributed by atoms with E-state index in [0.717, 1.165) is 12.0 Å². The third-order valence-corrected chi connectivity index (χ3v) is 6.43. The van der Waals surface area contributed by atoms with Crippen molar-refractivity contribution in [3.63, 3.8) is 0 Å². The van der Waals surface area contributed by atoms with Crippen molar-refractivity contribution >= 4 is 23.8 Å². The van der Waals surface area contributed by atoms with E-state index in [4.69, 9.17) is 0 Å². The smallest absolute Gasteiger partial charge is 0.325 e. The van der Waals surface area contributed by atoms with Crippen LogP contribution in [0, 0.1) is 0 Å². The number of likely N-dealkylation sites (tertiary alicyclic amines) is 2. The molecule has 0 radical (unpaired) electrons. The third-order valence-electron chi connectivity index (χ3n) is 6.43. The van der Waals surface area contributed by atoms with Crippen LogP contribution >= 0.6 is 0 Å². The average molecular weight is 398 g/mol. The molecule has 4 rings (SSSR count). The minimum atomic E-state index is -0.920. The van der Waals surface area contributed by atoms with Gasteiger partial charge in [0.2, 0.25) is 11.8 Å². The molecule has 3 heterocycles. The summed E-state index contributed by atoms with van der Waals surface area (Å²) in [5.74, 6) is -0.350. The molecule has 3 aliphatic rings. The summed E-state index contributed by atoms with van der Waals surface area (Å²) in [5.41, 5.74) is 0.0348. The molecule has 5 amide bonds. The minimum absolute atomic E-state index is 0.0223. The molecule has 3 aliphatic heterocycles. The van der Waals surface area contributed by atoms with E-state index in [9.17, 15) is 19.2 Å². The summed E-state index contributed by atoms with van der Waals surface area (Å²) >= 11 is 0. The second-order valence-corrected chi connectivity index (χ2v) is 8.05. The zero-order valence-electron chi connectivity index (χ0n) is 16.6. The summed E-state index contributed by atoms with van der Waals surface area (Å²) in [6.07, 6.45) is 2.07. The SMILES string of the molecule is CC(C(=O)N1CCC2(CC1)C(=O)NC(=O)N2Cc1ccccc1)N1CCCC1=O. The minimum Gasteiger partial charge on any atom is -0.341 e. The van der Waals surface area contributed by atoms with Gasteiger partial charge in [0, 0.05) is 32.6 Å². The fraction of sp³-hybridized carbons (Fsp3) is 0.524. The number of nitrogens with one attached hydrogen (secondary N) is 1.